The molecule has 2 aliphatic rings. The molecule has 1 saturated heterocycles. The third-order valence-corrected chi connectivity index (χ3v) is 4.44. The van der Waals surface area contributed by atoms with Gasteiger partial charge < -0.3 is 4.74 Å². The molecular formula is C15H18N2O2. The van der Waals surface area contributed by atoms with E-state index in [4.69, 9.17) is 4.74 Å². The van der Waals surface area contributed by atoms with Crippen LogP contribution in [0.2, 0.25) is 0 Å². The molecule has 4 heteroatoms. The van der Waals surface area contributed by atoms with Gasteiger partial charge in [-0.15, -0.1) is 0 Å². The molecule has 1 aromatic rings. The lowest BCUT2D eigenvalue weighted by molar-refractivity contribution is -0.147. The maximum Gasteiger partial charge on any atom is 0.311 e. The van der Waals surface area contributed by atoms with E-state index < -0.39 is 0 Å². The van der Waals surface area contributed by atoms with Gasteiger partial charge in [0.25, 0.3) is 0 Å². The standard InChI is InChI=1S/C15H18N2O2/c1-14-6-7-15(2,17-14)12(13(18)19-3)11(14)10-5-4-8-16-9-10/h4-9,11-12,17H,1-3H3. The van der Waals surface area contributed by atoms with E-state index in [0.29, 0.717) is 0 Å². The molecular weight excluding hydrogens is 240 g/mol. The van der Waals surface area contributed by atoms with Crippen LogP contribution in [0.3, 0.4) is 0 Å². The summed E-state index contributed by atoms with van der Waals surface area (Å²) in [6.45, 7) is 4.17. The minimum absolute atomic E-state index is 0.0450. The third kappa shape index (κ3) is 1.63. The van der Waals surface area contributed by atoms with Crippen LogP contribution in [0.1, 0.15) is 25.3 Å². The number of carbonyl (C=O) groups excluding carboxylic acids is 1. The number of fused-ring (bicyclic) bond motifs is 2. The van der Waals surface area contributed by atoms with E-state index in [2.05, 4.69) is 29.4 Å². The second-order valence-electron chi connectivity index (χ2n) is 5.79. The van der Waals surface area contributed by atoms with Crippen LogP contribution in [0.25, 0.3) is 0 Å². The van der Waals surface area contributed by atoms with E-state index in [0.717, 1.165) is 5.56 Å². The number of methoxy groups -OCH3 is 1. The summed E-state index contributed by atoms with van der Waals surface area (Å²) >= 11 is 0. The summed E-state index contributed by atoms with van der Waals surface area (Å²) in [7, 11) is 1.45. The van der Waals surface area contributed by atoms with E-state index in [9.17, 15) is 4.79 Å². The molecule has 3 heterocycles. The molecule has 0 saturated carbocycles. The molecule has 0 spiro atoms. The number of rotatable bonds is 2. The Morgan fingerprint density at radius 2 is 2.11 bits per heavy atom. The first-order valence-electron chi connectivity index (χ1n) is 6.48. The highest BCUT2D eigenvalue weighted by atomic mass is 16.5. The molecule has 4 atom stereocenters. The predicted octanol–water partition coefficient (Wildman–Crippen LogP) is 1.64. The van der Waals surface area contributed by atoms with E-state index in [-0.39, 0.29) is 28.9 Å². The number of nitrogens with one attached hydrogen (secondary N) is 1. The quantitative estimate of drug-likeness (QED) is 0.647. The minimum Gasteiger partial charge on any atom is -0.469 e. The fourth-order valence-corrected chi connectivity index (χ4v) is 3.67. The van der Waals surface area contributed by atoms with Crippen LogP contribution < -0.4 is 5.32 Å². The van der Waals surface area contributed by atoms with Crippen LogP contribution >= 0.6 is 0 Å². The molecule has 0 aromatic carbocycles. The van der Waals surface area contributed by atoms with Gasteiger partial charge in [-0.05, 0) is 25.5 Å². The maximum absolute atomic E-state index is 12.2. The van der Waals surface area contributed by atoms with Gasteiger partial charge in [-0.25, -0.2) is 0 Å². The average molecular weight is 258 g/mol. The number of aromatic nitrogens is 1. The Morgan fingerprint density at radius 3 is 2.74 bits per heavy atom. The Bertz CT molecular complexity index is 542. The van der Waals surface area contributed by atoms with Crippen molar-refractivity contribution < 1.29 is 9.53 Å². The van der Waals surface area contributed by atoms with Crippen molar-refractivity contribution in [1.82, 2.24) is 10.3 Å². The molecule has 4 nitrogen and oxygen atoms in total. The molecule has 0 amide bonds. The van der Waals surface area contributed by atoms with Crippen LogP contribution in [0.4, 0.5) is 0 Å². The number of nitrogens with zero attached hydrogens (tertiary/aromatic N) is 1. The van der Waals surface area contributed by atoms with Gasteiger partial charge in [0.15, 0.2) is 0 Å². The van der Waals surface area contributed by atoms with E-state index >= 15 is 0 Å². The van der Waals surface area contributed by atoms with E-state index in [1.165, 1.54) is 7.11 Å². The number of pyridine rings is 1. The highest BCUT2D eigenvalue weighted by Crippen LogP contribution is 2.53. The molecule has 0 radical (unpaired) electrons. The molecule has 1 aromatic heterocycles. The zero-order valence-corrected chi connectivity index (χ0v) is 11.4. The van der Waals surface area contributed by atoms with Crippen LogP contribution in [0.15, 0.2) is 36.7 Å². The molecule has 19 heavy (non-hydrogen) atoms. The number of carbonyl (C=O) groups is 1. The van der Waals surface area contributed by atoms with Crippen molar-refractivity contribution >= 4 is 5.97 Å². The van der Waals surface area contributed by atoms with Crippen LogP contribution in [-0.2, 0) is 9.53 Å². The van der Waals surface area contributed by atoms with Gasteiger partial charge in [0, 0.05) is 29.4 Å². The Balaban J connectivity index is 2.11. The molecule has 3 rings (SSSR count). The summed E-state index contributed by atoms with van der Waals surface area (Å²) in [4.78, 5) is 16.4. The SMILES string of the molecule is COC(=O)C1C(c2cccnc2)C2(C)C=CC1(C)N2. The monoisotopic (exact) mass is 258 g/mol. The third-order valence-electron chi connectivity index (χ3n) is 4.44. The lowest BCUT2D eigenvalue weighted by Crippen LogP contribution is -2.43. The topological polar surface area (TPSA) is 51.2 Å². The highest BCUT2D eigenvalue weighted by Gasteiger charge is 2.61. The van der Waals surface area contributed by atoms with Crippen molar-refractivity contribution in [3.05, 3.63) is 42.2 Å². The fourth-order valence-electron chi connectivity index (χ4n) is 3.67. The van der Waals surface area contributed by atoms with Gasteiger partial charge in [0.1, 0.15) is 0 Å². The predicted molar refractivity (Wildman–Crippen MR) is 71.6 cm³/mol. The van der Waals surface area contributed by atoms with Gasteiger partial charge in [-0.2, -0.15) is 0 Å². The van der Waals surface area contributed by atoms with Crippen molar-refractivity contribution in [2.45, 2.75) is 30.8 Å². The van der Waals surface area contributed by atoms with Gasteiger partial charge in [-0.3, -0.25) is 15.1 Å². The maximum atomic E-state index is 12.2. The lowest BCUT2D eigenvalue weighted by Gasteiger charge is -2.33. The number of ether oxygens (including phenoxy) is 1. The van der Waals surface area contributed by atoms with Crippen LogP contribution in [0, 0.1) is 5.92 Å². The number of hydrogen-bond acceptors (Lipinski definition) is 4. The van der Waals surface area contributed by atoms with Crippen LogP contribution in [0.5, 0.6) is 0 Å². The van der Waals surface area contributed by atoms with Gasteiger partial charge in [0.2, 0.25) is 0 Å². The van der Waals surface area contributed by atoms with Crippen molar-refractivity contribution in [3.8, 4) is 0 Å². The minimum atomic E-state index is -0.345. The Kier molecular flexibility index (Phi) is 2.54. The summed E-state index contributed by atoms with van der Waals surface area (Å²) in [6, 6.07) is 3.93. The first-order valence-corrected chi connectivity index (χ1v) is 6.48. The summed E-state index contributed by atoms with van der Waals surface area (Å²) in [6.07, 6.45) is 7.83. The fraction of sp³-hybridized carbons (Fsp3) is 0.467. The summed E-state index contributed by atoms with van der Waals surface area (Å²) in [5, 5.41) is 3.55. The zero-order valence-electron chi connectivity index (χ0n) is 11.4. The zero-order chi connectivity index (χ0) is 13.7. The number of esters is 1. The van der Waals surface area contributed by atoms with Crippen molar-refractivity contribution in [2.24, 2.45) is 5.92 Å². The highest BCUT2D eigenvalue weighted by molar-refractivity contribution is 5.78. The Morgan fingerprint density at radius 1 is 1.37 bits per heavy atom. The number of hydrogen-bond donors (Lipinski definition) is 1. The van der Waals surface area contributed by atoms with Gasteiger partial charge in [0.05, 0.1) is 13.0 Å². The average Bonchev–Trinajstić information content (AvgIpc) is 2.85. The lowest BCUT2D eigenvalue weighted by atomic mass is 9.69. The van der Waals surface area contributed by atoms with E-state index in [1.807, 2.05) is 25.3 Å². The van der Waals surface area contributed by atoms with Crippen LogP contribution in [-0.4, -0.2) is 29.1 Å². The summed E-state index contributed by atoms with van der Waals surface area (Å²) in [5.74, 6) is -0.350. The largest absolute Gasteiger partial charge is 0.469 e. The van der Waals surface area contributed by atoms with Crippen molar-refractivity contribution in [2.75, 3.05) is 7.11 Å². The Labute approximate surface area is 112 Å². The smallest absolute Gasteiger partial charge is 0.311 e. The van der Waals surface area contributed by atoms with Gasteiger partial charge in [-0.1, -0.05) is 18.2 Å². The molecule has 0 aliphatic carbocycles. The second-order valence-corrected chi connectivity index (χ2v) is 5.79. The summed E-state index contributed by atoms with van der Waals surface area (Å²) in [5.41, 5.74) is 0.500. The first kappa shape index (κ1) is 12.4. The summed E-state index contributed by atoms with van der Waals surface area (Å²) < 4.78 is 5.02. The molecule has 2 bridgehead atoms. The molecule has 4 unspecified atom stereocenters. The molecule has 100 valence electrons. The van der Waals surface area contributed by atoms with E-state index in [1.54, 1.807) is 6.20 Å². The second kappa shape index (κ2) is 3.90. The molecule has 2 aliphatic heterocycles. The molecule has 1 N–H and O–H groups in total. The molecule has 1 fully saturated rings. The Hall–Kier alpha value is -1.68. The normalized spacial score (nSPS) is 39.5. The van der Waals surface area contributed by atoms with Crippen molar-refractivity contribution in [3.63, 3.8) is 0 Å². The van der Waals surface area contributed by atoms with Crippen molar-refractivity contribution in [1.29, 1.82) is 0 Å². The first-order chi connectivity index (χ1) is 9.00. The van der Waals surface area contributed by atoms with Gasteiger partial charge >= 0.3 is 5.97 Å².